The molecule has 13 aromatic rings. The van der Waals surface area contributed by atoms with Gasteiger partial charge in [-0.15, -0.1) is 0 Å². The number of anilines is 3. The third-order valence-electron chi connectivity index (χ3n) is 17.2. The Balaban J connectivity index is 1.16. The fourth-order valence-electron chi connectivity index (χ4n) is 14.1. The SMILES string of the molecule is CC(C)c1ccc2c3c4c(-c5ccccc5)c5ccccc5c(-c5ccccc5)c4cc4c3n(c2c1)-c1cc(-c2ccccc2)cc2c1B4c1cccc3c1N2c1ccccc1C3(c1ccccc1)c1ccccc1. The summed E-state index contributed by atoms with van der Waals surface area (Å²) >= 11 is 0. The molecule has 0 amide bonds. The molecule has 12 aromatic carbocycles. The lowest BCUT2D eigenvalue weighted by atomic mass is 9.33. The van der Waals surface area contributed by atoms with E-state index in [0.717, 1.165) is 0 Å². The Morgan fingerprint density at radius 1 is 0.387 bits per heavy atom. The topological polar surface area (TPSA) is 8.17 Å². The molecule has 0 N–H and O–H groups in total. The maximum atomic E-state index is 2.70. The molecule has 3 heteroatoms. The highest BCUT2D eigenvalue weighted by atomic mass is 15.2. The van der Waals surface area contributed by atoms with Crippen LogP contribution in [0.5, 0.6) is 0 Å². The van der Waals surface area contributed by atoms with Crippen LogP contribution >= 0.6 is 0 Å². The smallest absolute Gasteiger partial charge is 0.252 e. The van der Waals surface area contributed by atoms with Gasteiger partial charge < -0.3 is 9.47 Å². The maximum absolute atomic E-state index is 2.70. The molecule has 350 valence electrons. The van der Waals surface area contributed by atoms with Crippen molar-refractivity contribution in [3.8, 4) is 39.1 Å². The molecular weight excluding hydrogens is 904 g/mol. The molecule has 0 aliphatic carbocycles. The van der Waals surface area contributed by atoms with Crippen molar-refractivity contribution in [2.24, 2.45) is 0 Å². The molecule has 0 saturated heterocycles. The van der Waals surface area contributed by atoms with Gasteiger partial charge in [-0.25, -0.2) is 0 Å². The van der Waals surface area contributed by atoms with Gasteiger partial charge in [0.25, 0.3) is 6.71 Å². The van der Waals surface area contributed by atoms with Gasteiger partial charge in [0.1, 0.15) is 0 Å². The van der Waals surface area contributed by atoms with Crippen LogP contribution in [0.15, 0.2) is 255 Å². The van der Waals surface area contributed by atoms with E-state index in [2.05, 4.69) is 278 Å². The summed E-state index contributed by atoms with van der Waals surface area (Å²) in [6.07, 6.45) is 0. The molecule has 0 saturated carbocycles. The van der Waals surface area contributed by atoms with Crippen LogP contribution in [0.2, 0.25) is 0 Å². The van der Waals surface area contributed by atoms with Gasteiger partial charge in [-0.05, 0) is 124 Å². The van der Waals surface area contributed by atoms with Crippen LogP contribution in [-0.4, -0.2) is 11.3 Å². The van der Waals surface area contributed by atoms with Crippen molar-refractivity contribution in [3.63, 3.8) is 0 Å². The number of rotatable bonds is 6. The third kappa shape index (κ3) is 5.70. The van der Waals surface area contributed by atoms with Crippen LogP contribution in [0, 0.1) is 0 Å². The van der Waals surface area contributed by atoms with E-state index in [1.165, 1.54) is 144 Å². The highest BCUT2D eigenvalue weighted by Gasteiger charge is 2.52. The van der Waals surface area contributed by atoms with Crippen LogP contribution < -0.4 is 21.3 Å². The maximum Gasteiger partial charge on any atom is 0.252 e. The Kier molecular flexibility index (Phi) is 8.98. The summed E-state index contributed by atoms with van der Waals surface area (Å²) < 4.78 is 2.70. The Morgan fingerprint density at radius 3 is 1.61 bits per heavy atom. The average Bonchev–Trinajstić information content (AvgIpc) is 4.06. The molecule has 3 aliphatic heterocycles. The van der Waals surface area contributed by atoms with E-state index in [9.17, 15) is 0 Å². The molecule has 4 heterocycles. The van der Waals surface area contributed by atoms with Crippen LogP contribution in [0.4, 0.5) is 17.1 Å². The lowest BCUT2D eigenvalue weighted by Gasteiger charge is -2.50. The predicted octanol–water partition coefficient (Wildman–Crippen LogP) is 16.5. The number of fused-ring (bicyclic) bond motifs is 12. The highest BCUT2D eigenvalue weighted by Crippen LogP contribution is 2.59. The number of nitrogens with zero attached hydrogens (tertiary/aromatic N) is 2. The lowest BCUT2D eigenvalue weighted by Crippen LogP contribution is -2.61. The van der Waals surface area contributed by atoms with Gasteiger partial charge in [0.2, 0.25) is 0 Å². The Morgan fingerprint density at radius 2 is 0.947 bits per heavy atom. The largest absolute Gasteiger partial charge is 0.311 e. The molecular formula is C72H49BN2. The van der Waals surface area contributed by atoms with Crippen LogP contribution in [0.1, 0.15) is 47.6 Å². The van der Waals surface area contributed by atoms with Gasteiger partial charge in [0, 0.05) is 33.2 Å². The van der Waals surface area contributed by atoms with E-state index in [1.807, 2.05) is 0 Å². The summed E-state index contributed by atoms with van der Waals surface area (Å²) in [5, 5.41) is 7.69. The van der Waals surface area contributed by atoms with Crippen LogP contribution in [0.25, 0.3) is 82.4 Å². The van der Waals surface area contributed by atoms with Crippen molar-refractivity contribution >= 4 is 83.5 Å². The zero-order chi connectivity index (χ0) is 49.5. The van der Waals surface area contributed by atoms with E-state index in [-0.39, 0.29) is 6.71 Å². The molecule has 1 aromatic heterocycles. The summed E-state index contributed by atoms with van der Waals surface area (Å²) in [7, 11) is 0. The first-order valence-electron chi connectivity index (χ1n) is 26.6. The van der Waals surface area contributed by atoms with Crippen molar-refractivity contribution in [1.82, 2.24) is 4.57 Å². The number of benzene rings is 12. The fraction of sp³-hybridized carbons (Fsp3) is 0.0556. The molecule has 0 atom stereocenters. The van der Waals surface area contributed by atoms with Gasteiger partial charge in [-0.3, -0.25) is 0 Å². The number of hydrogen-bond donors (Lipinski definition) is 0. The number of aromatic nitrogens is 1. The van der Waals surface area contributed by atoms with Crippen LogP contribution in [-0.2, 0) is 5.41 Å². The minimum atomic E-state index is -0.613. The monoisotopic (exact) mass is 952 g/mol. The molecule has 0 bridgehead atoms. The Hall–Kier alpha value is -9.18. The summed E-state index contributed by atoms with van der Waals surface area (Å²) in [6, 6.07) is 96.6. The van der Waals surface area contributed by atoms with Gasteiger partial charge in [-0.2, -0.15) is 0 Å². The van der Waals surface area contributed by atoms with E-state index in [4.69, 9.17) is 0 Å². The van der Waals surface area contributed by atoms with Crippen LogP contribution in [0.3, 0.4) is 0 Å². The van der Waals surface area contributed by atoms with E-state index >= 15 is 0 Å². The lowest BCUT2D eigenvalue weighted by molar-refractivity contribution is 0.732. The Bertz CT molecular complexity index is 4440. The second-order valence-corrected chi connectivity index (χ2v) is 21.2. The number of hydrogen-bond acceptors (Lipinski definition) is 1. The molecule has 2 nitrogen and oxygen atoms in total. The second kappa shape index (κ2) is 15.9. The minimum absolute atomic E-state index is 0.107. The third-order valence-corrected chi connectivity index (χ3v) is 17.2. The normalized spacial score (nSPS) is 13.6. The first kappa shape index (κ1) is 42.3. The summed E-state index contributed by atoms with van der Waals surface area (Å²) in [5.74, 6) is 0.343. The van der Waals surface area contributed by atoms with Crippen molar-refractivity contribution in [2.75, 3.05) is 4.90 Å². The summed E-state index contributed by atoms with van der Waals surface area (Å²) in [5.41, 5.74) is 24.7. The van der Waals surface area contributed by atoms with Crippen molar-refractivity contribution < 1.29 is 0 Å². The molecule has 0 unspecified atom stereocenters. The van der Waals surface area contributed by atoms with E-state index in [1.54, 1.807) is 0 Å². The van der Waals surface area contributed by atoms with Crippen molar-refractivity contribution in [2.45, 2.75) is 25.2 Å². The van der Waals surface area contributed by atoms with Crippen molar-refractivity contribution in [3.05, 3.63) is 283 Å². The molecule has 3 aliphatic rings. The molecule has 0 fully saturated rings. The Labute approximate surface area is 437 Å². The average molecular weight is 953 g/mol. The van der Waals surface area contributed by atoms with Gasteiger partial charge in [0.15, 0.2) is 0 Å². The summed E-state index contributed by atoms with van der Waals surface area (Å²) in [6.45, 7) is 4.55. The number of para-hydroxylation sites is 2. The quantitative estimate of drug-likeness (QED) is 0.119. The summed E-state index contributed by atoms with van der Waals surface area (Å²) in [4.78, 5) is 2.66. The van der Waals surface area contributed by atoms with Gasteiger partial charge in [0.05, 0.1) is 22.1 Å². The van der Waals surface area contributed by atoms with Gasteiger partial charge in [-0.1, -0.05) is 244 Å². The molecule has 16 rings (SSSR count). The molecule has 0 radical (unpaired) electrons. The first-order chi connectivity index (χ1) is 37.1. The first-order valence-corrected chi connectivity index (χ1v) is 26.6. The molecule has 0 spiro atoms. The zero-order valence-corrected chi connectivity index (χ0v) is 41.8. The predicted molar refractivity (Wildman–Crippen MR) is 317 cm³/mol. The van der Waals surface area contributed by atoms with E-state index < -0.39 is 5.41 Å². The standard InChI is InChI=1S/C72H49BN2/c1-45(2)49-39-40-55-62(41-49)75-64-43-50(46-23-8-3-9-24-46)42-63-69(64)73(59-37-22-36-58-70(59)74(63)61-38-21-20-35-57(61)72(58,51-29-14-6-15-30-51)52-31-16-7-17-32-52)60-44-56-65(47-25-10-4-11-26-47)53-33-18-19-34-54(53)66(48-27-12-5-13-28-48)67(56)68(55)71(60)75/h3-45H,1-2H3. The zero-order valence-electron chi connectivity index (χ0n) is 41.8. The fourth-order valence-corrected chi connectivity index (χ4v) is 14.1. The van der Waals surface area contributed by atoms with Gasteiger partial charge >= 0.3 is 0 Å². The van der Waals surface area contributed by atoms with E-state index in [0.29, 0.717) is 5.92 Å². The highest BCUT2D eigenvalue weighted by molar-refractivity contribution is 7.00. The second-order valence-electron chi connectivity index (χ2n) is 21.2. The molecule has 75 heavy (non-hydrogen) atoms. The minimum Gasteiger partial charge on any atom is -0.311 e. The van der Waals surface area contributed by atoms with Crippen molar-refractivity contribution in [1.29, 1.82) is 0 Å².